The topological polar surface area (TPSA) is 47.4 Å². The van der Waals surface area contributed by atoms with E-state index in [0.717, 1.165) is 32.2 Å². The van der Waals surface area contributed by atoms with Gasteiger partial charge in [0, 0.05) is 12.6 Å². The minimum Gasteiger partial charge on any atom is -0.462 e. The Morgan fingerprint density at radius 3 is 2.78 bits per heavy atom. The van der Waals surface area contributed by atoms with Gasteiger partial charge in [-0.25, -0.2) is 18.3 Å². The molecule has 0 amide bonds. The monoisotopic (exact) mass is 377 g/mol. The lowest BCUT2D eigenvalue weighted by Crippen LogP contribution is -2.42. The average Bonchev–Trinajstić information content (AvgIpc) is 3.08. The van der Waals surface area contributed by atoms with Crippen LogP contribution in [0, 0.1) is 0 Å². The fraction of sp³-hybridized carbons (Fsp3) is 0.500. The van der Waals surface area contributed by atoms with E-state index in [1.165, 1.54) is 16.4 Å². The molecular weight excluding hydrogens is 352 g/mol. The van der Waals surface area contributed by atoms with Crippen molar-refractivity contribution in [2.45, 2.75) is 51.7 Å². The zero-order valence-electron chi connectivity index (χ0n) is 15.5. The summed E-state index contributed by atoms with van der Waals surface area (Å²) >= 11 is 0. The van der Waals surface area contributed by atoms with E-state index in [2.05, 4.69) is 22.1 Å². The van der Waals surface area contributed by atoms with Crippen LogP contribution in [-0.2, 0) is 17.8 Å². The SMILES string of the molecule is CCOC(=O)c1cnn(CN2CCCCC2Cc2ccccc2)c1C(F)F. The molecule has 1 aliphatic rings. The summed E-state index contributed by atoms with van der Waals surface area (Å²) in [5.41, 5.74) is 0.720. The zero-order valence-corrected chi connectivity index (χ0v) is 15.5. The molecule has 1 unspecified atom stereocenters. The van der Waals surface area contributed by atoms with Crippen molar-refractivity contribution in [1.82, 2.24) is 14.7 Å². The van der Waals surface area contributed by atoms with Crippen molar-refractivity contribution in [3.8, 4) is 0 Å². The average molecular weight is 377 g/mol. The first kappa shape index (κ1) is 19.5. The predicted octanol–water partition coefficient (Wildman–Crippen LogP) is 4.05. The molecule has 0 radical (unpaired) electrons. The van der Waals surface area contributed by atoms with E-state index in [4.69, 9.17) is 4.74 Å². The molecule has 0 bridgehead atoms. The number of ether oxygens (including phenoxy) is 1. The highest BCUT2D eigenvalue weighted by molar-refractivity contribution is 5.90. The minimum absolute atomic E-state index is 0.137. The number of carbonyl (C=O) groups excluding carboxylic acids is 1. The van der Waals surface area contributed by atoms with Gasteiger partial charge in [-0.2, -0.15) is 5.10 Å². The molecule has 1 fully saturated rings. The first-order valence-electron chi connectivity index (χ1n) is 9.39. The number of nitrogens with zero attached hydrogens (tertiary/aromatic N) is 3. The third kappa shape index (κ3) is 4.71. The summed E-state index contributed by atoms with van der Waals surface area (Å²) in [6.07, 6.45) is 2.45. The van der Waals surface area contributed by atoms with Crippen LogP contribution in [0.2, 0.25) is 0 Å². The Hall–Kier alpha value is -2.28. The van der Waals surface area contributed by atoms with E-state index in [9.17, 15) is 13.6 Å². The highest BCUT2D eigenvalue weighted by Crippen LogP contribution is 2.26. The highest BCUT2D eigenvalue weighted by atomic mass is 19.3. The summed E-state index contributed by atoms with van der Waals surface area (Å²) < 4.78 is 33.4. The zero-order chi connectivity index (χ0) is 19.2. The van der Waals surface area contributed by atoms with Crippen LogP contribution >= 0.6 is 0 Å². The van der Waals surface area contributed by atoms with Crippen molar-refractivity contribution >= 4 is 5.97 Å². The molecule has 0 spiro atoms. The summed E-state index contributed by atoms with van der Waals surface area (Å²) in [5, 5.41) is 4.07. The molecule has 1 aromatic carbocycles. The molecule has 2 aromatic rings. The van der Waals surface area contributed by atoms with Crippen LogP contribution in [0.15, 0.2) is 36.5 Å². The summed E-state index contributed by atoms with van der Waals surface area (Å²) in [7, 11) is 0. The van der Waals surface area contributed by atoms with E-state index in [0.29, 0.717) is 0 Å². The molecule has 1 aliphatic heterocycles. The molecule has 0 saturated carbocycles. The van der Waals surface area contributed by atoms with Crippen LogP contribution in [0.5, 0.6) is 0 Å². The maximum absolute atomic E-state index is 13.6. The number of piperidine rings is 1. The second-order valence-corrected chi connectivity index (χ2v) is 6.76. The molecule has 1 saturated heterocycles. The van der Waals surface area contributed by atoms with Crippen LogP contribution in [0.1, 0.15) is 54.2 Å². The van der Waals surface area contributed by atoms with Crippen molar-refractivity contribution in [2.75, 3.05) is 13.2 Å². The molecule has 7 heteroatoms. The lowest BCUT2D eigenvalue weighted by atomic mass is 9.96. The van der Waals surface area contributed by atoms with E-state index in [1.807, 2.05) is 18.2 Å². The first-order valence-corrected chi connectivity index (χ1v) is 9.39. The normalized spacial score (nSPS) is 18.0. The van der Waals surface area contributed by atoms with E-state index in [-0.39, 0.29) is 30.6 Å². The molecule has 5 nitrogen and oxygen atoms in total. The van der Waals surface area contributed by atoms with Crippen molar-refractivity contribution in [2.24, 2.45) is 0 Å². The van der Waals surface area contributed by atoms with Gasteiger partial charge in [0.25, 0.3) is 6.43 Å². The van der Waals surface area contributed by atoms with Gasteiger partial charge in [-0.1, -0.05) is 36.8 Å². The van der Waals surface area contributed by atoms with Gasteiger partial charge in [0.05, 0.1) is 19.5 Å². The fourth-order valence-electron chi connectivity index (χ4n) is 3.64. The second-order valence-electron chi connectivity index (χ2n) is 6.76. The summed E-state index contributed by atoms with van der Waals surface area (Å²) in [5.74, 6) is -0.751. The quantitative estimate of drug-likeness (QED) is 0.683. The Balaban J connectivity index is 1.78. The van der Waals surface area contributed by atoms with Gasteiger partial charge in [-0.05, 0) is 31.7 Å². The number of aromatic nitrogens is 2. The maximum Gasteiger partial charge on any atom is 0.341 e. The molecule has 146 valence electrons. The van der Waals surface area contributed by atoms with Gasteiger partial charge in [0.1, 0.15) is 11.3 Å². The summed E-state index contributed by atoms with van der Waals surface area (Å²) in [6.45, 7) is 2.86. The minimum atomic E-state index is -2.79. The largest absolute Gasteiger partial charge is 0.462 e. The van der Waals surface area contributed by atoms with Crippen LogP contribution in [-0.4, -0.2) is 39.8 Å². The van der Waals surface area contributed by atoms with Crippen LogP contribution in [0.4, 0.5) is 8.78 Å². The molecule has 1 atom stereocenters. The van der Waals surface area contributed by atoms with Crippen molar-refractivity contribution < 1.29 is 18.3 Å². The summed E-state index contributed by atoms with van der Waals surface area (Å²) in [6, 6.07) is 10.4. The summed E-state index contributed by atoms with van der Waals surface area (Å²) in [4.78, 5) is 14.1. The smallest absolute Gasteiger partial charge is 0.341 e. The lowest BCUT2D eigenvalue weighted by Gasteiger charge is -2.36. The number of benzene rings is 1. The third-order valence-corrected chi connectivity index (χ3v) is 4.96. The standard InChI is InChI=1S/C20H25F2N3O2/c1-2-27-20(26)17-13-23-25(18(17)19(21)22)14-24-11-7-6-10-16(24)12-15-8-4-3-5-9-15/h3-5,8-9,13,16,19H,2,6-7,10-12,14H2,1H3. The van der Waals surface area contributed by atoms with Gasteiger partial charge < -0.3 is 4.74 Å². The van der Waals surface area contributed by atoms with Crippen LogP contribution in [0.3, 0.4) is 0 Å². The molecule has 0 aliphatic carbocycles. The first-order chi connectivity index (χ1) is 13.1. The van der Waals surface area contributed by atoms with Gasteiger partial charge >= 0.3 is 5.97 Å². The Labute approximate surface area is 157 Å². The molecule has 2 heterocycles. The number of hydrogen-bond donors (Lipinski definition) is 0. The Bertz CT molecular complexity index is 749. The number of rotatable bonds is 7. The third-order valence-electron chi connectivity index (χ3n) is 4.96. The van der Waals surface area contributed by atoms with Gasteiger partial charge in [-0.3, -0.25) is 4.90 Å². The Morgan fingerprint density at radius 1 is 1.30 bits per heavy atom. The number of hydrogen-bond acceptors (Lipinski definition) is 4. The van der Waals surface area contributed by atoms with Gasteiger partial charge in [0.2, 0.25) is 0 Å². The predicted molar refractivity (Wildman–Crippen MR) is 97.6 cm³/mol. The van der Waals surface area contributed by atoms with Crippen molar-refractivity contribution in [3.05, 3.63) is 53.3 Å². The molecule has 27 heavy (non-hydrogen) atoms. The highest BCUT2D eigenvalue weighted by Gasteiger charge is 2.29. The molecule has 0 N–H and O–H groups in total. The Kier molecular flexibility index (Phi) is 6.55. The number of halogens is 2. The van der Waals surface area contributed by atoms with E-state index < -0.39 is 12.4 Å². The number of likely N-dealkylation sites (tertiary alicyclic amines) is 1. The maximum atomic E-state index is 13.6. The molecular formula is C20H25F2N3O2. The van der Waals surface area contributed by atoms with E-state index >= 15 is 0 Å². The number of esters is 1. The van der Waals surface area contributed by atoms with Gasteiger partial charge in [0.15, 0.2) is 0 Å². The van der Waals surface area contributed by atoms with Gasteiger partial charge in [-0.15, -0.1) is 0 Å². The van der Waals surface area contributed by atoms with Crippen LogP contribution in [0.25, 0.3) is 0 Å². The number of carbonyl (C=O) groups is 1. The Morgan fingerprint density at radius 2 is 2.07 bits per heavy atom. The second kappa shape index (κ2) is 9.08. The van der Waals surface area contributed by atoms with E-state index in [1.54, 1.807) is 6.92 Å². The number of alkyl halides is 2. The molecule has 3 rings (SSSR count). The van der Waals surface area contributed by atoms with Crippen molar-refractivity contribution in [1.29, 1.82) is 0 Å². The fourth-order valence-corrected chi connectivity index (χ4v) is 3.64. The lowest BCUT2D eigenvalue weighted by molar-refractivity contribution is 0.0508. The van der Waals surface area contributed by atoms with Crippen LogP contribution < -0.4 is 0 Å². The molecule has 1 aromatic heterocycles. The van der Waals surface area contributed by atoms with Crippen molar-refractivity contribution in [3.63, 3.8) is 0 Å².